The molecule has 78 valence electrons. The van der Waals surface area contributed by atoms with Gasteiger partial charge in [0.25, 0.3) is 0 Å². The van der Waals surface area contributed by atoms with E-state index in [9.17, 15) is 8.42 Å². The summed E-state index contributed by atoms with van der Waals surface area (Å²) < 4.78 is 23.6. The minimum atomic E-state index is -3.22. The SMILES string of the molecule is CCC(C)S(=O)(=O)c1ccc(O)cc1. The van der Waals surface area contributed by atoms with Crippen molar-refractivity contribution in [2.75, 3.05) is 0 Å². The summed E-state index contributed by atoms with van der Waals surface area (Å²) in [6.07, 6.45) is 0.587. The van der Waals surface area contributed by atoms with Gasteiger partial charge in [0, 0.05) is 0 Å². The highest BCUT2D eigenvalue weighted by atomic mass is 32.2. The van der Waals surface area contributed by atoms with E-state index in [0.717, 1.165) is 0 Å². The van der Waals surface area contributed by atoms with E-state index in [4.69, 9.17) is 5.11 Å². The molecule has 14 heavy (non-hydrogen) atoms. The van der Waals surface area contributed by atoms with E-state index < -0.39 is 9.84 Å². The minimum Gasteiger partial charge on any atom is -0.508 e. The largest absolute Gasteiger partial charge is 0.508 e. The maximum absolute atomic E-state index is 11.8. The van der Waals surface area contributed by atoms with Crippen LogP contribution in [0.2, 0.25) is 0 Å². The van der Waals surface area contributed by atoms with E-state index >= 15 is 0 Å². The summed E-state index contributed by atoms with van der Waals surface area (Å²) in [5.41, 5.74) is 0. The maximum atomic E-state index is 11.8. The van der Waals surface area contributed by atoms with E-state index in [0.29, 0.717) is 6.42 Å². The molecule has 1 aromatic carbocycles. The van der Waals surface area contributed by atoms with Gasteiger partial charge in [-0.2, -0.15) is 0 Å². The summed E-state index contributed by atoms with van der Waals surface area (Å²) in [5.74, 6) is 0.0769. The third-order valence-electron chi connectivity index (χ3n) is 2.27. The minimum absolute atomic E-state index is 0.0769. The van der Waals surface area contributed by atoms with Crippen molar-refractivity contribution in [3.63, 3.8) is 0 Å². The van der Waals surface area contributed by atoms with Crippen LogP contribution in [0.1, 0.15) is 20.3 Å². The second kappa shape index (κ2) is 4.00. The zero-order chi connectivity index (χ0) is 10.8. The van der Waals surface area contributed by atoms with Gasteiger partial charge in [0.15, 0.2) is 9.84 Å². The van der Waals surface area contributed by atoms with E-state index in [1.54, 1.807) is 6.92 Å². The summed E-state index contributed by atoms with van der Waals surface area (Å²) in [7, 11) is -3.22. The first kappa shape index (κ1) is 11.0. The molecule has 0 radical (unpaired) electrons. The highest BCUT2D eigenvalue weighted by molar-refractivity contribution is 7.92. The Balaban J connectivity index is 3.11. The van der Waals surface area contributed by atoms with Gasteiger partial charge in [0.2, 0.25) is 0 Å². The van der Waals surface area contributed by atoms with Gasteiger partial charge in [-0.25, -0.2) is 8.42 Å². The van der Waals surface area contributed by atoms with Crippen LogP contribution in [0.15, 0.2) is 29.2 Å². The highest BCUT2D eigenvalue weighted by Gasteiger charge is 2.21. The van der Waals surface area contributed by atoms with Crippen LogP contribution in [0.3, 0.4) is 0 Å². The van der Waals surface area contributed by atoms with E-state index in [1.165, 1.54) is 24.3 Å². The van der Waals surface area contributed by atoms with Crippen molar-refractivity contribution in [3.8, 4) is 5.75 Å². The van der Waals surface area contributed by atoms with Crippen LogP contribution in [-0.2, 0) is 9.84 Å². The van der Waals surface area contributed by atoms with Crippen molar-refractivity contribution in [2.24, 2.45) is 0 Å². The van der Waals surface area contributed by atoms with Gasteiger partial charge in [-0.3, -0.25) is 0 Å². The lowest BCUT2D eigenvalue weighted by atomic mass is 10.3. The zero-order valence-corrected chi connectivity index (χ0v) is 9.08. The zero-order valence-electron chi connectivity index (χ0n) is 8.27. The molecule has 0 aliphatic carbocycles. The Kier molecular flexibility index (Phi) is 3.16. The van der Waals surface area contributed by atoms with Gasteiger partial charge >= 0.3 is 0 Å². The van der Waals surface area contributed by atoms with Gasteiger partial charge in [0.1, 0.15) is 5.75 Å². The first-order valence-corrected chi connectivity index (χ1v) is 6.06. The summed E-state index contributed by atoms with van der Waals surface area (Å²) in [6.45, 7) is 3.52. The van der Waals surface area contributed by atoms with Crippen LogP contribution in [-0.4, -0.2) is 18.8 Å². The molecule has 0 heterocycles. The Bertz CT molecular complexity index is 392. The van der Waals surface area contributed by atoms with Crippen LogP contribution >= 0.6 is 0 Å². The Morgan fingerprint density at radius 2 is 1.79 bits per heavy atom. The van der Waals surface area contributed by atoms with Crippen molar-refractivity contribution >= 4 is 9.84 Å². The maximum Gasteiger partial charge on any atom is 0.180 e. The summed E-state index contributed by atoms with van der Waals surface area (Å²) >= 11 is 0. The van der Waals surface area contributed by atoms with Crippen LogP contribution in [0.4, 0.5) is 0 Å². The second-order valence-electron chi connectivity index (χ2n) is 3.26. The standard InChI is InChI=1S/C10H14O3S/c1-3-8(2)14(12,13)10-6-4-9(11)5-7-10/h4-8,11H,3H2,1-2H3. The molecule has 1 unspecified atom stereocenters. The summed E-state index contributed by atoms with van der Waals surface area (Å²) in [6, 6.07) is 5.62. The molecular weight excluding hydrogens is 200 g/mol. The number of phenolic OH excluding ortho intramolecular Hbond substituents is 1. The third kappa shape index (κ3) is 2.07. The molecule has 0 spiro atoms. The summed E-state index contributed by atoms with van der Waals surface area (Å²) in [5, 5.41) is 8.64. The average molecular weight is 214 g/mol. The van der Waals surface area contributed by atoms with Gasteiger partial charge < -0.3 is 5.11 Å². The molecule has 1 N–H and O–H groups in total. The molecule has 1 rings (SSSR count). The second-order valence-corrected chi connectivity index (χ2v) is 5.62. The number of rotatable bonds is 3. The monoisotopic (exact) mass is 214 g/mol. The predicted molar refractivity (Wildman–Crippen MR) is 55.0 cm³/mol. The third-order valence-corrected chi connectivity index (χ3v) is 4.59. The molecule has 0 fully saturated rings. The Morgan fingerprint density at radius 1 is 1.29 bits per heavy atom. The van der Waals surface area contributed by atoms with Crippen LogP contribution < -0.4 is 0 Å². The van der Waals surface area contributed by atoms with E-state index in [1.807, 2.05) is 6.92 Å². The van der Waals surface area contributed by atoms with Gasteiger partial charge in [-0.1, -0.05) is 6.92 Å². The molecule has 3 nitrogen and oxygen atoms in total. The van der Waals surface area contributed by atoms with E-state index in [-0.39, 0.29) is 15.9 Å². The molecule has 1 atom stereocenters. The van der Waals surface area contributed by atoms with Gasteiger partial charge in [-0.15, -0.1) is 0 Å². The fourth-order valence-corrected chi connectivity index (χ4v) is 2.51. The van der Waals surface area contributed by atoms with Crippen LogP contribution in [0, 0.1) is 0 Å². The lowest BCUT2D eigenvalue weighted by Crippen LogP contribution is -2.16. The number of hydrogen-bond donors (Lipinski definition) is 1. The first-order chi connectivity index (χ1) is 6.48. The normalized spacial score (nSPS) is 13.9. The topological polar surface area (TPSA) is 54.4 Å². The number of sulfone groups is 1. The molecular formula is C10H14O3S. The van der Waals surface area contributed by atoms with Crippen LogP contribution in [0.5, 0.6) is 5.75 Å². The molecule has 0 bridgehead atoms. The quantitative estimate of drug-likeness (QED) is 0.836. The van der Waals surface area contributed by atoms with Crippen molar-refractivity contribution in [2.45, 2.75) is 30.4 Å². The fourth-order valence-electron chi connectivity index (χ4n) is 1.09. The molecule has 0 saturated carbocycles. The first-order valence-electron chi connectivity index (χ1n) is 4.51. The molecule has 1 aromatic rings. The molecule has 0 aliphatic heterocycles. The van der Waals surface area contributed by atoms with E-state index in [2.05, 4.69) is 0 Å². The number of phenols is 1. The van der Waals surface area contributed by atoms with Gasteiger partial charge in [0.05, 0.1) is 10.1 Å². The molecule has 0 saturated heterocycles. The fraction of sp³-hybridized carbons (Fsp3) is 0.400. The lowest BCUT2D eigenvalue weighted by Gasteiger charge is -2.10. The smallest absolute Gasteiger partial charge is 0.180 e. The Hall–Kier alpha value is -1.03. The molecule has 4 heteroatoms. The predicted octanol–water partition coefficient (Wildman–Crippen LogP) is 1.96. The van der Waals surface area contributed by atoms with Gasteiger partial charge in [-0.05, 0) is 37.6 Å². The Morgan fingerprint density at radius 3 is 2.21 bits per heavy atom. The Labute approximate surface area is 84.3 Å². The molecule has 0 aliphatic rings. The number of hydrogen-bond acceptors (Lipinski definition) is 3. The average Bonchev–Trinajstić information content (AvgIpc) is 2.17. The summed E-state index contributed by atoms with van der Waals surface area (Å²) in [4.78, 5) is 0.268. The van der Waals surface area contributed by atoms with Crippen molar-refractivity contribution in [1.82, 2.24) is 0 Å². The molecule has 0 aromatic heterocycles. The van der Waals surface area contributed by atoms with Crippen molar-refractivity contribution in [1.29, 1.82) is 0 Å². The lowest BCUT2D eigenvalue weighted by molar-refractivity contribution is 0.474. The number of aromatic hydroxyl groups is 1. The highest BCUT2D eigenvalue weighted by Crippen LogP contribution is 2.20. The van der Waals surface area contributed by atoms with Crippen molar-refractivity contribution in [3.05, 3.63) is 24.3 Å². The molecule has 0 amide bonds. The van der Waals surface area contributed by atoms with Crippen molar-refractivity contribution < 1.29 is 13.5 Å². The van der Waals surface area contributed by atoms with Crippen LogP contribution in [0.25, 0.3) is 0 Å². The number of benzene rings is 1.